The van der Waals surface area contributed by atoms with E-state index >= 15 is 0 Å². The predicted molar refractivity (Wildman–Crippen MR) is 114 cm³/mol. The highest BCUT2D eigenvalue weighted by Gasteiger charge is 2.22. The Balaban J connectivity index is 1.83. The quantitative estimate of drug-likeness (QED) is 0.457. The van der Waals surface area contributed by atoms with Crippen molar-refractivity contribution in [1.82, 2.24) is 4.98 Å². The molecule has 3 aromatic rings. The van der Waals surface area contributed by atoms with Gasteiger partial charge < -0.3 is 11.1 Å². The lowest BCUT2D eigenvalue weighted by molar-refractivity contribution is 0.101. The molecule has 8 heteroatoms. The zero-order chi connectivity index (χ0) is 21.7. The SMILES string of the molecule is Cc1c(C#N)c(SCC(=O)c2ccc(F)cc2)nc(N)c1C(=O)Nc1ccccc1. The molecular weight excluding hydrogens is 403 g/mol. The van der Waals surface area contributed by atoms with E-state index in [2.05, 4.69) is 10.3 Å². The van der Waals surface area contributed by atoms with Crippen LogP contribution in [0.1, 0.15) is 31.8 Å². The van der Waals surface area contributed by atoms with E-state index in [1.807, 2.05) is 12.1 Å². The summed E-state index contributed by atoms with van der Waals surface area (Å²) in [5, 5.41) is 12.6. The number of halogens is 1. The van der Waals surface area contributed by atoms with Gasteiger partial charge in [-0.2, -0.15) is 5.26 Å². The summed E-state index contributed by atoms with van der Waals surface area (Å²) < 4.78 is 13.0. The van der Waals surface area contributed by atoms with Crippen LogP contribution in [0.4, 0.5) is 15.9 Å². The van der Waals surface area contributed by atoms with Crippen LogP contribution < -0.4 is 11.1 Å². The molecule has 0 aliphatic rings. The molecule has 0 radical (unpaired) electrons. The molecule has 0 saturated carbocycles. The normalized spacial score (nSPS) is 10.3. The number of Topliss-reactive ketones (excluding diaryl/α,β-unsaturated/α-hetero) is 1. The van der Waals surface area contributed by atoms with Crippen LogP contribution >= 0.6 is 11.8 Å². The number of aromatic nitrogens is 1. The van der Waals surface area contributed by atoms with Gasteiger partial charge in [0.15, 0.2) is 5.78 Å². The molecule has 0 atom stereocenters. The summed E-state index contributed by atoms with van der Waals surface area (Å²) in [6.45, 7) is 1.61. The zero-order valence-electron chi connectivity index (χ0n) is 16.0. The summed E-state index contributed by atoms with van der Waals surface area (Å²) in [5.74, 6) is -1.19. The Kier molecular flexibility index (Phi) is 6.45. The smallest absolute Gasteiger partial charge is 0.259 e. The van der Waals surface area contributed by atoms with E-state index in [1.54, 1.807) is 31.2 Å². The minimum absolute atomic E-state index is 0.0122. The molecule has 0 fully saturated rings. The summed E-state index contributed by atoms with van der Waals surface area (Å²) in [7, 11) is 0. The summed E-state index contributed by atoms with van der Waals surface area (Å²) in [6, 6.07) is 16.1. The van der Waals surface area contributed by atoms with Crippen molar-refractivity contribution in [3.63, 3.8) is 0 Å². The first-order chi connectivity index (χ1) is 14.4. The van der Waals surface area contributed by atoms with Crippen LogP contribution in [0.25, 0.3) is 0 Å². The highest BCUT2D eigenvalue weighted by atomic mass is 32.2. The molecule has 0 saturated heterocycles. The Bertz CT molecular complexity index is 1140. The first-order valence-electron chi connectivity index (χ1n) is 8.89. The molecule has 1 amide bonds. The number of nitrogen functional groups attached to an aromatic ring is 1. The summed E-state index contributed by atoms with van der Waals surface area (Å²) in [6.07, 6.45) is 0. The molecule has 3 rings (SSSR count). The molecule has 1 heterocycles. The van der Waals surface area contributed by atoms with Crippen molar-refractivity contribution in [2.75, 3.05) is 16.8 Å². The fourth-order valence-corrected chi connectivity index (χ4v) is 3.73. The fraction of sp³-hybridized carbons (Fsp3) is 0.0909. The van der Waals surface area contributed by atoms with Crippen LogP contribution in [0.15, 0.2) is 59.6 Å². The monoisotopic (exact) mass is 420 g/mol. The minimum atomic E-state index is -0.473. The van der Waals surface area contributed by atoms with Gasteiger partial charge >= 0.3 is 0 Å². The Labute approximate surface area is 176 Å². The van der Waals surface area contributed by atoms with Crippen molar-refractivity contribution in [2.24, 2.45) is 0 Å². The van der Waals surface area contributed by atoms with E-state index in [-0.39, 0.29) is 33.5 Å². The molecular formula is C22H17FN4O2S. The molecule has 2 aromatic carbocycles. The maximum Gasteiger partial charge on any atom is 0.259 e. The van der Waals surface area contributed by atoms with Crippen LogP contribution in [0, 0.1) is 24.1 Å². The van der Waals surface area contributed by atoms with Gasteiger partial charge in [0.1, 0.15) is 22.7 Å². The first-order valence-corrected chi connectivity index (χ1v) is 9.87. The van der Waals surface area contributed by atoms with Crippen LogP contribution in [0.5, 0.6) is 0 Å². The van der Waals surface area contributed by atoms with E-state index in [0.29, 0.717) is 16.8 Å². The number of thioether (sulfide) groups is 1. The number of nitriles is 1. The summed E-state index contributed by atoms with van der Waals surface area (Å²) >= 11 is 1.04. The van der Waals surface area contributed by atoms with Gasteiger partial charge in [0.05, 0.1) is 16.9 Å². The molecule has 150 valence electrons. The fourth-order valence-electron chi connectivity index (χ4n) is 2.79. The van der Waals surface area contributed by atoms with Crippen molar-refractivity contribution in [2.45, 2.75) is 11.9 Å². The van der Waals surface area contributed by atoms with E-state index < -0.39 is 11.7 Å². The maximum atomic E-state index is 13.0. The molecule has 0 spiro atoms. The maximum absolute atomic E-state index is 13.0. The number of nitrogens with one attached hydrogen (secondary N) is 1. The third-order valence-electron chi connectivity index (χ3n) is 4.32. The van der Waals surface area contributed by atoms with Gasteiger partial charge in [-0.05, 0) is 48.9 Å². The lowest BCUT2D eigenvalue weighted by atomic mass is 10.0. The Hall–Kier alpha value is -3.70. The largest absolute Gasteiger partial charge is 0.383 e. The molecule has 0 unspecified atom stereocenters. The topological polar surface area (TPSA) is 109 Å². The molecule has 30 heavy (non-hydrogen) atoms. The second-order valence-electron chi connectivity index (χ2n) is 6.33. The van der Waals surface area contributed by atoms with E-state index in [4.69, 9.17) is 5.73 Å². The lowest BCUT2D eigenvalue weighted by Gasteiger charge is -2.13. The molecule has 0 bridgehead atoms. The number of anilines is 2. The van der Waals surface area contributed by atoms with E-state index in [1.165, 1.54) is 24.3 Å². The number of benzene rings is 2. The Morgan fingerprint density at radius 2 is 1.83 bits per heavy atom. The van der Waals surface area contributed by atoms with Crippen molar-refractivity contribution in [3.8, 4) is 6.07 Å². The highest BCUT2D eigenvalue weighted by molar-refractivity contribution is 8.00. The number of carbonyl (C=O) groups is 2. The number of rotatable bonds is 6. The number of amides is 1. The lowest BCUT2D eigenvalue weighted by Crippen LogP contribution is -2.18. The number of hydrogen-bond donors (Lipinski definition) is 2. The third kappa shape index (κ3) is 4.64. The van der Waals surface area contributed by atoms with Gasteiger partial charge in [-0.3, -0.25) is 9.59 Å². The number of ketones is 1. The number of pyridine rings is 1. The Morgan fingerprint density at radius 3 is 2.47 bits per heavy atom. The summed E-state index contributed by atoms with van der Waals surface area (Å²) in [4.78, 5) is 29.2. The van der Waals surface area contributed by atoms with Gasteiger partial charge in [0, 0.05) is 11.3 Å². The highest BCUT2D eigenvalue weighted by Crippen LogP contribution is 2.29. The van der Waals surface area contributed by atoms with Crippen LogP contribution in [0.2, 0.25) is 0 Å². The average molecular weight is 420 g/mol. The molecule has 0 aliphatic carbocycles. The van der Waals surface area contributed by atoms with E-state index in [9.17, 15) is 19.2 Å². The number of para-hydroxylation sites is 1. The average Bonchev–Trinajstić information content (AvgIpc) is 2.73. The number of carbonyl (C=O) groups excluding carboxylic acids is 2. The molecule has 1 aromatic heterocycles. The van der Waals surface area contributed by atoms with Crippen molar-refractivity contribution >= 4 is 35.0 Å². The van der Waals surface area contributed by atoms with Gasteiger partial charge in [-0.1, -0.05) is 30.0 Å². The van der Waals surface area contributed by atoms with Gasteiger partial charge in [-0.15, -0.1) is 0 Å². The number of nitrogens with two attached hydrogens (primary N) is 1. The molecule has 3 N–H and O–H groups in total. The molecule has 0 aliphatic heterocycles. The van der Waals surface area contributed by atoms with Crippen LogP contribution in [0.3, 0.4) is 0 Å². The first kappa shape index (κ1) is 21.0. The number of nitrogens with zero attached hydrogens (tertiary/aromatic N) is 2. The summed E-state index contributed by atoms with van der Waals surface area (Å²) in [5.41, 5.74) is 7.63. The van der Waals surface area contributed by atoms with Crippen LogP contribution in [-0.2, 0) is 0 Å². The predicted octanol–water partition coefficient (Wildman–Crippen LogP) is 4.21. The second kappa shape index (κ2) is 9.20. The van der Waals surface area contributed by atoms with Gasteiger partial charge in [0.2, 0.25) is 0 Å². The zero-order valence-corrected chi connectivity index (χ0v) is 16.8. The van der Waals surface area contributed by atoms with E-state index in [0.717, 1.165) is 11.8 Å². The molecule has 6 nitrogen and oxygen atoms in total. The Morgan fingerprint density at radius 1 is 1.17 bits per heavy atom. The third-order valence-corrected chi connectivity index (χ3v) is 5.29. The van der Waals surface area contributed by atoms with Gasteiger partial charge in [-0.25, -0.2) is 9.37 Å². The van der Waals surface area contributed by atoms with Crippen LogP contribution in [-0.4, -0.2) is 22.4 Å². The number of hydrogen-bond acceptors (Lipinski definition) is 6. The minimum Gasteiger partial charge on any atom is -0.383 e. The van der Waals surface area contributed by atoms with Crippen molar-refractivity contribution < 1.29 is 14.0 Å². The standard InChI is InChI=1S/C22H17FN4O2S/c1-13-17(11-24)22(30-12-18(28)14-7-9-15(23)10-8-14)27-20(25)19(13)21(29)26-16-5-3-2-4-6-16/h2-10H,12H2,1H3,(H2,25,27)(H,26,29). The van der Waals surface area contributed by atoms with Crippen molar-refractivity contribution in [3.05, 3.63) is 82.7 Å². The van der Waals surface area contributed by atoms with Crippen molar-refractivity contribution in [1.29, 1.82) is 5.26 Å². The second-order valence-corrected chi connectivity index (χ2v) is 7.29. The van der Waals surface area contributed by atoms with Gasteiger partial charge in [0.25, 0.3) is 5.91 Å².